The summed E-state index contributed by atoms with van der Waals surface area (Å²) in [6.45, 7) is 1.39. The van der Waals surface area contributed by atoms with E-state index >= 15 is 0 Å². The summed E-state index contributed by atoms with van der Waals surface area (Å²) in [6.07, 6.45) is 2.78. The van der Waals surface area contributed by atoms with E-state index in [1.165, 1.54) is 13.2 Å². The first-order valence-electron chi connectivity index (χ1n) is 13.8. The highest BCUT2D eigenvalue weighted by molar-refractivity contribution is 7.17. The third-order valence-corrected chi connectivity index (χ3v) is 7.88. The average Bonchev–Trinajstić information content (AvgIpc) is 3.65. The second-order valence-electron chi connectivity index (χ2n) is 10.3. The molecular formula is C30H34N8O4S. The van der Waals surface area contributed by atoms with E-state index < -0.39 is 4.92 Å². The van der Waals surface area contributed by atoms with Crippen LogP contribution in [0.2, 0.25) is 0 Å². The van der Waals surface area contributed by atoms with Gasteiger partial charge in [-0.15, -0.1) is 11.3 Å². The number of aliphatic hydroxyl groups excluding tert-OH is 1. The van der Waals surface area contributed by atoms with E-state index in [1.54, 1.807) is 29.7 Å². The Labute approximate surface area is 253 Å². The van der Waals surface area contributed by atoms with E-state index in [2.05, 4.69) is 38.9 Å². The number of aromatic nitrogens is 4. The maximum absolute atomic E-state index is 12.1. The van der Waals surface area contributed by atoms with Gasteiger partial charge in [0.05, 0.1) is 34.8 Å². The molecule has 0 saturated heterocycles. The number of fused-ring (bicyclic) bond motifs is 1. The number of imidazole rings is 1. The van der Waals surface area contributed by atoms with Gasteiger partial charge >= 0.3 is 0 Å². The van der Waals surface area contributed by atoms with Gasteiger partial charge in [0.25, 0.3) is 5.69 Å². The van der Waals surface area contributed by atoms with Crippen molar-refractivity contribution in [1.82, 2.24) is 24.8 Å². The van der Waals surface area contributed by atoms with Crippen LogP contribution >= 0.6 is 11.3 Å². The maximum atomic E-state index is 12.1. The lowest BCUT2D eigenvalue weighted by molar-refractivity contribution is -0.384. The SMILES string of the molecule is COc1cc(N(C)CCN(C)C)c([N+](=O)[O-])cc1Nc1nccc(-c2[nH]c(CCCO)nc2-c2ccc3ccsc3c2)n1. The fraction of sp³-hybridized carbons (Fsp3) is 0.300. The van der Waals surface area contributed by atoms with Gasteiger partial charge in [0.1, 0.15) is 17.3 Å². The van der Waals surface area contributed by atoms with Gasteiger partial charge in [-0.1, -0.05) is 12.1 Å². The molecule has 0 aliphatic carbocycles. The summed E-state index contributed by atoms with van der Waals surface area (Å²) in [5.41, 5.74) is 3.74. The van der Waals surface area contributed by atoms with Gasteiger partial charge in [0, 0.05) is 61.8 Å². The first-order chi connectivity index (χ1) is 20.8. The number of nitro benzene ring substituents is 1. The molecule has 0 spiro atoms. The molecule has 0 fully saturated rings. The number of aryl methyl sites for hydroxylation is 1. The zero-order valence-corrected chi connectivity index (χ0v) is 25.3. The largest absolute Gasteiger partial charge is 0.494 e. The van der Waals surface area contributed by atoms with Gasteiger partial charge in [0.2, 0.25) is 5.95 Å². The molecule has 3 aromatic heterocycles. The number of aromatic amines is 1. The van der Waals surface area contributed by atoms with Crippen LogP contribution in [0.15, 0.2) is 54.0 Å². The van der Waals surface area contributed by atoms with Crippen molar-refractivity contribution in [2.75, 3.05) is 58.2 Å². The third-order valence-electron chi connectivity index (χ3n) is 7.00. The van der Waals surface area contributed by atoms with Crippen LogP contribution < -0.4 is 15.0 Å². The molecule has 0 aliphatic rings. The number of benzene rings is 2. The van der Waals surface area contributed by atoms with Crippen LogP contribution in [0.3, 0.4) is 0 Å². The Hall–Kier alpha value is -4.59. The van der Waals surface area contributed by atoms with E-state index in [-0.39, 0.29) is 18.2 Å². The number of thiophene rings is 1. The number of methoxy groups -OCH3 is 1. The molecule has 12 nitrogen and oxygen atoms in total. The van der Waals surface area contributed by atoms with Gasteiger partial charge in [-0.25, -0.2) is 15.0 Å². The van der Waals surface area contributed by atoms with Crippen LogP contribution in [0.5, 0.6) is 5.75 Å². The van der Waals surface area contributed by atoms with E-state index in [0.717, 1.165) is 33.7 Å². The predicted octanol–water partition coefficient (Wildman–Crippen LogP) is 5.33. The second kappa shape index (κ2) is 13.2. The Balaban J connectivity index is 1.51. The number of hydrogen-bond donors (Lipinski definition) is 3. The zero-order valence-electron chi connectivity index (χ0n) is 24.5. The minimum atomic E-state index is -0.404. The van der Waals surface area contributed by atoms with E-state index in [0.29, 0.717) is 47.9 Å². The zero-order chi connectivity index (χ0) is 30.5. The molecule has 224 valence electrons. The fourth-order valence-corrected chi connectivity index (χ4v) is 5.54. The van der Waals surface area contributed by atoms with Crippen molar-refractivity contribution < 1.29 is 14.8 Å². The maximum Gasteiger partial charge on any atom is 0.294 e. The molecule has 2 aromatic carbocycles. The van der Waals surface area contributed by atoms with Crippen molar-refractivity contribution in [2.24, 2.45) is 0 Å². The van der Waals surface area contributed by atoms with E-state index in [1.807, 2.05) is 37.0 Å². The van der Waals surface area contributed by atoms with Gasteiger partial charge < -0.3 is 29.9 Å². The normalized spacial score (nSPS) is 11.3. The summed E-state index contributed by atoms with van der Waals surface area (Å²) in [5.74, 6) is 1.40. The number of nitrogens with one attached hydrogen (secondary N) is 2. The summed E-state index contributed by atoms with van der Waals surface area (Å²) in [4.78, 5) is 32.9. The van der Waals surface area contributed by atoms with Crippen LogP contribution in [-0.2, 0) is 6.42 Å². The molecule has 5 rings (SSSR count). The lowest BCUT2D eigenvalue weighted by Crippen LogP contribution is -2.28. The van der Waals surface area contributed by atoms with Crippen LogP contribution in [0, 0.1) is 10.1 Å². The van der Waals surface area contributed by atoms with Gasteiger partial charge in [0.15, 0.2) is 0 Å². The first-order valence-corrected chi connectivity index (χ1v) is 14.7. The third kappa shape index (κ3) is 6.74. The monoisotopic (exact) mass is 602 g/mol. The van der Waals surface area contributed by atoms with Crippen molar-refractivity contribution in [3.8, 4) is 28.4 Å². The number of hydrogen-bond acceptors (Lipinski definition) is 11. The van der Waals surface area contributed by atoms with Gasteiger partial charge in [-0.2, -0.15) is 0 Å². The summed E-state index contributed by atoms with van der Waals surface area (Å²) in [5, 5.41) is 27.8. The van der Waals surface area contributed by atoms with E-state index in [4.69, 9.17) is 14.7 Å². The number of H-pyrrole nitrogens is 1. The molecule has 0 amide bonds. The van der Waals surface area contributed by atoms with Gasteiger partial charge in [-0.05, 0) is 49.5 Å². The first kappa shape index (κ1) is 29.9. The van der Waals surface area contributed by atoms with Crippen molar-refractivity contribution >= 4 is 44.4 Å². The smallest absolute Gasteiger partial charge is 0.294 e. The molecule has 13 heteroatoms. The standard InChI is InChI=1S/C30H34N8O4S/c1-36(2)12-13-37(3)23-18-25(42-4)22(17-24(23)38(40)41)33-30-31-11-9-21(32-30)29-28(34-27(35-29)6-5-14-39)20-8-7-19-10-15-43-26(19)16-20/h7-11,15-18,39H,5-6,12-14H2,1-4H3,(H,34,35)(H,31,32,33). The molecule has 0 unspecified atom stereocenters. The van der Waals surface area contributed by atoms with Crippen LogP contribution in [0.4, 0.5) is 23.0 Å². The van der Waals surface area contributed by atoms with Crippen LogP contribution in [-0.4, -0.2) is 82.8 Å². The Kier molecular flexibility index (Phi) is 9.14. The molecule has 0 saturated carbocycles. The number of aliphatic hydroxyl groups is 1. The number of nitro groups is 1. The highest BCUT2D eigenvalue weighted by atomic mass is 32.1. The van der Waals surface area contributed by atoms with Crippen LogP contribution in [0.25, 0.3) is 32.7 Å². The molecule has 0 bridgehead atoms. The molecule has 43 heavy (non-hydrogen) atoms. The topological polar surface area (TPSA) is 146 Å². The minimum absolute atomic E-state index is 0.0611. The second-order valence-corrected chi connectivity index (χ2v) is 11.3. The average molecular weight is 603 g/mol. The minimum Gasteiger partial charge on any atom is -0.494 e. The highest BCUT2D eigenvalue weighted by Crippen LogP contribution is 2.39. The summed E-state index contributed by atoms with van der Waals surface area (Å²) < 4.78 is 6.77. The number of ether oxygens (including phenoxy) is 1. The Bertz CT molecular complexity index is 1730. The van der Waals surface area contributed by atoms with E-state index in [9.17, 15) is 15.2 Å². The molecule has 5 aromatic rings. The summed E-state index contributed by atoms with van der Waals surface area (Å²) in [7, 11) is 7.24. The lowest BCUT2D eigenvalue weighted by atomic mass is 10.1. The Morgan fingerprint density at radius 1 is 1.12 bits per heavy atom. The lowest BCUT2D eigenvalue weighted by Gasteiger charge is -2.22. The van der Waals surface area contributed by atoms with Crippen LogP contribution in [0.1, 0.15) is 12.2 Å². The molecule has 0 atom stereocenters. The molecule has 0 aliphatic heterocycles. The van der Waals surface area contributed by atoms with Crippen molar-refractivity contribution in [3.63, 3.8) is 0 Å². The summed E-state index contributed by atoms with van der Waals surface area (Å²) in [6, 6.07) is 13.2. The molecule has 3 heterocycles. The van der Waals surface area contributed by atoms with Crippen molar-refractivity contribution in [2.45, 2.75) is 12.8 Å². The molecular weight excluding hydrogens is 568 g/mol. The number of nitrogens with zero attached hydrogens (tertiary/aromatic N) is 6. The molecule has 0 radical (unpaired) electrons. The number of rotatable bonds is 13. The highest BCUT2D eigenvalue weighted by Gasteiger charge is 2.23. The van der Waals surface area contributed by atoms with Crippen molar-refractivity contribution in [3.05, 3.63) is 70.0 Å². The number of anilines is 3. The van der Waals surface area contributed by atoms with Crippen molar-refractivity contribution in [1.29, 1.82) is 0 Å². The quantitative estimate of drug-likeness (QED) is 0.119. The summed E-state index contributed by atoms with van der Waals surface area (Å²) >= 11 is 1.66. The predicted molar refractivity (Wildman–Crippen MR) is 171 cm³/mol. The van der Waals surface area contributed by atoms with Gasteiger partial charge in [-0.3, -0.25) is 10.1 Å². The Morgan fingerprint density at radius 3 is 2.70 bits per heavy atom. The number of likely N-dealkylation sites (N-methyl/N-ethyl adjacent to an activating group) is 2. The Morgan fingerprint density at radius 2 is 1.95 bits per heavy atom. The molecule has 3 N–H and O–H groups in total. The fourth-order valence-electron chi connectivity index (χ4n) is 4.71.